The van der Waals surface area contributed by atoms with E-state index in [1.165, 1.54) is 47.8 Å². The number of aliphatic hydroxyl groups is 1. The fourth-order valence-electron chi connectivity index (χ4n) is 3.51. The minimum absolute atomic E-state index is 0.0381. The third kappa shape index (κ3) is 3.15. The first-order valence-electron chi connectivity index (χ1n) is 8.57. The Morgan fingerprint density at radius 3 is 2.48 bits per heavy atom. The molecule has 3 atom stereocenters. The zero-order valence-electron chi connectivity index (χ0n) is 14.7. The van der Waals surface area contributed by atoms with Crippen molar-refractivity contribution >= 4 is 11.8 Å². The predicted octanol–water partition coefficient (Wildman–Crippen LogP) is 2.52. The zero-order valence-corrected chi connectivity index (χ0v) is 14.7. The Morgan fingerprint density at radius 1 is 1.10 bits per heavy atom. The van der Waals surface area contributed by atoms with Crippen molar-refractivity contribution in [3.05, 3.63) is 59.7 Å². The number of ketones is 1. The molecule has 0 spiro atoms. The molecule has 2 amide bonds. The maximum absolute atomic E-state index is 13.8. The van der Waals surface area contributed by atoms with Crippen molar-refractivity contribution in [1.82, 2.24) is 10.6 Å². The first-order valence-corrected chi connectivity index (χ1v) is 8.57. The molecule has 1 fully saturated rings. The van der Waals surface area contributed by atoms with Gasteiger partial charge in [-0.25, -0.2) is 4.79 Å². The lowest BCUT2D eigenvalue weighted by Crippen LogP contribution is -2.72. The Kier molecular flexibility index (Phi) is 4.38. The van der Waals surface area contributed by atoms with Crippen LogP contribution in [-0.4, -0.2) is 35.6 Å². The predicted molar refractivity (Wildman–Crippen MR) is 92.2 cm³/mol. The number of halogens is 3. The highest BCUT2D eigenvalue weighted by molar-refractivity contribution is 6.00. The molecule has 0 unspecified atom stereocenters. The van der Waals surface area contributed by atoms with Crippen LogP contribution in [0.3, 0.4) is 0 Å². The number of hydrogen-bond acceptors (Lipinski definition) is 5. The number of fused-ring (bicyclic) bond motifs is 1. The number of Topliss-reactive ketones (excluding diaryl/α,β-unsaturated/α-hetero) is 1. The van der Waals surface area contributed by atoms with Crippen LogP contribution in [0.1, 0.15) is 22.0 Å². The summed E-state index contributed by atoms with van der Waals surface area (Å²) < 4.78 is 52.0. The van der Waals surface area contributed by atoms with Crippen LogP contribution < -0.4 is 20.1 Å². The lowest BCUT2D eigenvalue weighted by Gasteiger charge is -2.45. The van der Waals surface area contributed by atoms with Gasteiger partial charge >= 0.3 is 12.2 Å². The average molecular weight is 408 g/mol. The molecule has 2 aliphatic heterocycles. The van der Waals surface area contributed by atoms with E-state index in [0.717, 1.165) is 0 Å². The van der Waals surface area contributed by atoms with Crippen molar-refractivity contribution in [2.45, 2.75) is 17.9 Å². The van der Waals surface area contributed by atoms with Crippen molar-refractivity contribution in [1.29, 1.82) is 0 Å². The first kappa shape index (κ1) is 19.1. The number of ether oxygens (including phenoxy) is 2. The number of rotatable bonds is 3. The van der Waals surface area contributed by atoms with E-state index in [0.29, 0.717) is 5.75 Å². The molecule has 7 nitrogen and oxygen atoms in total. The molecule has 0 radical (unpaired) electrons. The Labute approximate surface area is 162 Å². The Balaban J connectivity index is 1.84. The van der Waals surface area contributed by atoms with E-state index in [1.807, 2.05) is 0 Å². The van der Waals surface area contributed by atoms with Crippen LogP contribution in [0.25, 0.3) is 0 Å². The molecule has 3 N–H and O–H groups in total. The van der Waals surface area contributed by atoms with Gasteiger partial charge in [0.25, 0.3) is 0 Å². The quantitative estimate of drug-likeness (QED) is 0.679. The van der Waals surface area contributed by atoms with Gasteiger partial charge < -0.3 is 25.2 Å². The van der Waals surface area contributed by atoms with Crippen LogP contribution in [0.2, 0.25) is 0 Å². The summed E-state index contributed by atoms with van der Waals surface area (Å²) in [4.78, 5) is 25.1. The summed E-state index contributed by atoms with van der Waals surface area (Å²) in [5, 5.41) is 14.3. The minimum Gasteiger partial charge on any atom is -0.454 e. The number of alkyl halides is 3. The van der Waals surface area contributed by atoms with E-state index < -0.39 is 35.7 Å². The second-order valence-electron chi connectivity index (χ2n) is 6.66. The number of nitrogens with one attached hydrogen (secondary N) is 2. The third-order valence-corrected chi connectivity index (χ3v) is 4.90. The molecule has 2 aromatic rings. The lowest BCUT2D eigenvalue weighted by molar-refractivity contribution is -0.287. The molecule has 0 aliphatic carbocycles. The molecule has 1 saturated heterocycles. The second-order valence-corrected chi connectivity index (χ2v) is 6.66. The third-order valence-electron chi connectivity index (χ3n) is 4.90. The number of carbonyl (C=O) groups excluding carboxylic acids is 2. The van der Waals surface area contributed by atoms with E-state index in [9.17, 15) is 27.9 Å². The van der Waals surface area contributed by atoms with Gasteiger partial charge in [-0.15, -0.1) is 0 Å². The zero-order chi connectivity index (χ0) is 20.8. The summed E-state index contributed by atoms with van der Waals surface area (Å²) in [6, 6.07) is 8.77. The van der Waals surface area contributed by atoms with Gasteiger partial charge in [-0.2, -0.15) is 13.2 Å². The van der Waals surface area contributed by atoms with Gasteiger partial charge in [-0.05, 0) is 17.7 Å². The lowest BCUT2D eigenvalue weighted by atomic mass is 9.77. The molecule has 10 heteroatoms. The summed E-state index contributed by atoms with van der Waals surface area (Å²) in [6.45, 7) is -0.0593. The highest BCUT2D eigenvalue weighted by atomic mass is 19.4. The molecule has 0 bridgehead atoms. The van der Waals surface area contributed by atoms with Crippen LogP contribution in [0.15, 0.2) is 48.5 Å². The topological polar surface area (TPSA) is 96.9 Å². The highest BCUT2D eigenvalue weighted by Crippen LogP contribution is 2.45. The molecule has 152 valence electrons. The minimum atomic E-state index is -5.31. The molecule has 2 aliphatic rings. The smallest absolute Gasteiger partial charge is 0.437 e. The van der Waals surface area contributed by atoms with E-state index in [1.54, 1.807) is 6.07 Å². The monoisotopic (exact) mass is 408 g/mol. The van der Waals surface area contributed by atoms with Crippen molar-refractivity contribution in [2.75, 3.05) is 6.79 Å². The molecule has 0 saturated carbocycles. The molecule has 29 heavy (non-hydrogen) atoms. The summed E-state index contributed by atoms with van der Waals surface area (Å²) in [5.74, 6) is -2.44. The molecular weight excluding hydrogens is 393 g/mol. The number of benzene rings is 2. The molecule has 2 heterocycles. The van der Waals surface area contributed by atoms with Gasteiger partial charge in [0.1, 0.15) is 5.92 Å². The highest BCUT2D eigenvalue weighted by Gasteiger charge is 2.66. The van der Waals surface area contributed by atoms with Gasteiger partial charge in [0, 0.05) is 5.56 Å². The standard InChI is InChI=1S/C19H15F3N2O5/c20-19(21,22)18(27)14(16(25)10-4-2-1-3-5-10)15(23-17(26)24-18)11-6-7-12-13(8-11)29-9-28-12/h1-8,14-15,27H,9H2,(H2,23,24,26)/t14-,15+,18+/m1/s1. The van der Waals surface area contributed by atoms with Crippen molar-refractivity contribution in [2.24, 2.45) is 5.92 Å². The summed E-state index contributed by atoms with van der Waals surface area (Å²) in [6.07, 6.45) is -5.31. The van der Waals surface area contributed by atoms with Crippen LogP contribution in [0.5, 0.6) is 11.5 Å². The Hall–Kier alpha value is -3.27. The molecular formula is C19H15F3N2O5. The van der Waals surface area contributed by atoms with Crippen molar-refractivity contribution in [3.63, 3.8) is 0 Å². The maximum Gasteiger partial charge on any atom is 0.437 e. The van der Waals surface area contributed by atoms with Gasteiger partial charge in [0.2, 0.25) is 12.5 Å². The van der Waals surface area contributed by atoms with Crippen LogP contribution in [0, 0.1) is 5.92 Å². The van der Waals surface area contributed by atoms with Gasteiger partial charge in [-0.3, -0.25) is 4.79 Å². The van der Waals surface area contributed by atoms with Crippen molar-refractivity contribution in [3.8, 4) is 11.5 Å². The summed E-state index contributed by atoms with van der Waals surface area (Å²) in [5.41, 5.74) is -3.66. The fraction of sp³-hybridized carbons (Fsp3) is 0.263. The molecule has 4 rings (SSSR count). The fourth-order valence-corrected chi connectivity index (χ4v) is 3.51. The number of carbonyl (C=O) groups is 2. The Bertz CT molecular complexity index is 966. The normalized spacial score (nSPS) is 25.9. The summed E-state index contributed by atoms with van der Waals surface area (Å²) >= 11 is 0. The van der Waals surface area contributed by atoms with E-state index in [4.69, 9.17) is 9.47 Å². The number of urea groups is 1. The van der Waals surface area contributed by atoms with Gasteiger partial charge in [0.15, 0.2) is 17.3 Å². The van der Waals surface area contributed by atoms with Gasteiger partial charge in [0.05, 0.1) is 6.04 Å². The Morgan fingerprint density at radius 2 is 1.79 bits per heavy atom. The van der Waals surface area contributed by atoms with E-state index in [2.05, 4.69) is 5.32 Å². The van der Waals surface area contributed by atoms with E-state index in [-0.39, 0.29) is 23.7 Å². The number of hydrogen-bond donors (Lipinski definition) is 3. The SMILES string of the molecule is O=C1N[C@@H](c2ccc3c(c2)OCO3)[C@H](C(=O)c2ccccc2)[C@](O)(C(F)(F)F)N1. The van der Waals surface area contributed by atoms with Crippen LogP contribution in [-0.2, 0) is 0 Å². The largest absolute Gasteiger partial charge is 0.454 e. The van der Waals surface area contributed by atoms with Crippen molar-refractivity contribution < 1.29 is 37.3 Å². The van der Waals surface area contributed by atoms with Gasteiger partial charge in [-0.1, -0.05) is 36.4 Å². The molecule has 0 aromatic heterocycles. The maximum atomic E-state index is 13.8. The van der Waals surface area contributed by atoms with Crippen LogP contribution in [0.4, 0.5) is 18.0 Å². The average Bonchev–Trinajstić information content (AvgIpc) is 3.14. The molecule has 2 aromatic carbocycles. The number of amides is 2. The first-order chi connectivity index (χ1) is 13.7. The summed E-state index contributed by atoms with van der Waals surface area (Å²) in [7, 11) is 0. The van der Waals surface area contributed by atoms with E-state index >= 15 is 0 Å². The second kappa shape index (κ2) is 6.66. The van der Waals surface area contributed by atoms with Crippen LogP contribution >= 0.6 is 0 Å².